The SMILES string of the molecule is CCC1(CNC(=NCc2cccc(C(F)(F)F)c2)NCC(=O)N(C)C)CCC1.I. The Balaban J connectivity index is 0.00000420. The summed E-state index contributed by atoms with van der Waals surface area (Å²) in [6.45, 7) is 3.05. The number of hydrogen-bond acceptors (Lipinski definition) is 2. The van der Waals surface area contributed by atoms with Gasteiger partial charge in [0.25, 0.3) is 0 Å². The zero-order valence-corrected chi connectivity index (χ0v) is 19.4. The molecule has 1 aliphatic carbocycles. The second-order valence-corrected chi connectivity index (χ2v) is 7.57. The van der Waals surface area contributed by atoms with Crippen LogP contribution in [0.25, 0.3) is 0 Å². The number of aliphatic imine (C=N–C) groups is 1. The molecule has 0 atom stereocenters. The molecule has 29 heavy (non-hydrogen) atoms. The number of alkyl halides is 3. The van der Waals surface area contributed by atoms with Gasteiger partial charge in [-0.1, -0.05) is 25.5 Å². The first-order valence-electron chi connectivity index (χ1n) is 9.54. The van der Waals surface area contributed by atoms with Crippen molar-refractivity contribution < 1.29 is 18.0 Å². The van der Waals surface area contributed by atoms with Crippen molar-refractivity contribution in [1.29, 1.82) is 0 Å². The second kappa shape index (κ2) is 11.0. The molecule has 0 aromatic heterocycles. The standard InChI is InChI=1S/C20H29F3N4O.HI/c1-4-19(9-6-10-19)14-26-18(25-13-17(28)27(2)3)24-12-15-7-5-8-16(11-15)20(21,22)23;/h5,7-8,11H,4,6,9-10,12-14H2,1-3H3,(H2,24,25,26);1H. The molecule has 1 aromatic carbocycles. The Bertz CT molecular complexity index is 698. The number of rotatable bonds is 7. The van der Waals surface area contributed by atoms with Gasteiger partial charge in [-0.05, 0) is 42.4 Å². The third-order valence-electron chi connectivity index (χ3n) is 5.37. The van der Waals surface area contributed by atoms with Crippen LogP contribution < -0.4 is 10.6 Å². The molecule has 0 bridgehead atoms. The number of likely N-dealkylation sites (N-methyl/N-ethyl adjacent to an activating group) is 1. The number of nitrogens with zero attached hydrogens (tertiary/aromatic N) is 2. The van der Waals surface area contributed by atoms with Crippen molar-refractivity contribution in [3.8, 4) is 0 Å². The number of hydrogen-bond donors (Lipinski definition) is 2. The van der Waals surface area contributed by atoms with Crippen LogP contribution in [0.2, 0.25) is 0 Å². The molecule has 1 aliphatic rings. The number of guanidine groups is 1. The van der Waals surface area contributed by atoms with Crippen LogP contribution >= 0.6 is 24.0 Å². The summed E-state index contributed by atoms with van der Waals surface area (Å²) in [5.41, 5.74) is 0.0121. The summed E-state index contributed by atoms with van der Waals surface area (Å²) in [7, 11) is 3.33. The first-order chi connectivity index (χ1) is 13.1. The van der Waals surface area contributed by atoms with Gasteiger partial charge >= 0.3 is 6.18 Å². The van der Waals surface area contributed by atoms with Crippen molar-refractivity contribution in [1.82, 2.24) is 15.5 Å². The van der Waals surface area contributed by atoms with E-state index in [2.05, 4.69) is 22.5 Å². The van der Waals surface area contributed by atoms with E-state index in [-0.39, 0.29) is 48.4 Å². The zero-order valence-electron chi connectivity index (χ0n) is 17.1. The first-order valence-corrected chi connectivity index (χ1v) is 9.54. The lowest BCUT2D eigenvalue weighted by molar-refractivity contribution is -0.137. The van der Waals surface area contributed by atoms with Gasteiger partial charge in [0.2, 0.25) is 5.91 Å². The minimum atomic E-state index is -4.38. The van der Waals surface area contributed by atoms with Gasteiger partial charge in [-0.15, -0.1) is 24.0 Å². The van der Waals surface area contributed by atoms with Crippen LogP contribution in [0.5, 0.6) is 0 Å². The van der Waals surface area contributed by atoms with E-state index in [1.54, 1.807) is 20.2 Å². The predicted octanol–water partition coefficient (Wildman–Crippen LogP) is 4.03. The summed E-state index contributed by atoms with van der Waals surface area (Å²) in [4.78, 5) is 17.7. The number of halogens is 4. The average molecular weight is 526 g/mol. The lowest BCUT2D eigenvalue weighted by atomic mass is 9.67. The van der Waals surface area contributed by atoms with E-state index in [1.165, 1.54) is 17.4 Å². The van der Waals surface area contributed by atoms with E-state index < -0.39 is 11.7 Å². The van der Waals surface area contributed by atoms with Gasteiger partial charge in [-0.3, -0.25) is 4.79 Å². The van der Waals surface area contributed by atoms with Crippen LogP contribution in [0.4, 0.5) is 13.2 Å². The Morgan fingerprint density at radius 2 is 1.93 bits per heavy atom. The molecule has 164 valence electrons. The molecule has 0 heterocycles. The minimum absolute atomic E-state index is 0. The summed E-state index contributed by atoms with van der Waals surface area (Å²) in [6.07, 6.45) is 0.174. The highest BCUT2D eigenvalue weighted by Gasteiger charge is 2.35. The summed E-state index contributed by atoms with van der Waals surface area (Å²) < 4.78 is 38.7. The van der Waals surface area contributed by atoms with Crippen molar-refractivity contribution in [3.63, 3.8) is 0 Å². The summed E-state index contributed by atoms with van der Waals surface area (Å²) >= 11 is 0. The monoisotopic (exact) mass is 526 g/mol. The van der Waals surface area contributed by atoms with Gasteiger partial charge in [-0.25, -0.2) is 4.99 Å². The Kier molecular flexibility index (Phi) is 9.70. The Labute approximate surface area is 187 Å². The van der Waals surface area contributed by atoms with Crippen LogP contribution in [-0.2, 0) is 17.5 Å². The predicted molar refractivity (Wildman–Crippen MR) is 119 cm³/mol. The normalized spacial score (nSPS) is 15.7. The highest BCUT2D eigenvalue weighted by molar-refractivity contribution is 14.0. The Hall–Kier alpha value is -1.52. The smallest absolute Gasteiger partial charge is 0.356 e. The number of nitrogens with one attached hydrogen (secondary N) is 2. The molecule has 2 rings (SSSR count). The van der Waals surface area contributed by atoms with E-state index in [0.29, 0.717) is 11.5 Å². The van der Waals surface area contributed by atoms with Gasteiger partial charge in [0.15, 0.2) is 5.96 Å². The lowest BCUT2D eigenvalue weighted by Crippen LogP contribution is -2.48. The van der Waals surface area contributed by atoms with E-state index >= 15 is 0 Å². The van der Waals surface area contributed by atoms with E-state index in [0.717, 1.165) is 37.9 Å². The van der Waals surface area contributed by atoms with Crippen LogP contribution in [0.15, 0.2) is 29.3 Å². The molecule has 0 spiro atoms. The molecule has 1 amide bonds. The van der Waals surface area contributed by atoms with E-state index in [9.17, 15) is 18.0 Å². The fraction of sp³-hybridized carbons (Fsp3) is 0.600. The third-order valence-corrected chi connectivity index (χ3v) is 5.37. The number of benzene rings is 1. The van der Waals surface area contributed by atoms with Gasteiger partial charge in [-0.2, -0.15) is 13.2 Å². The van der Waals surface area contributed by atoms with Gasteiger partial charge < -0.3 is 15.5 Å². The van der Waals surface area contributed by atoms with E-state index in [1.807, 2.05) is 0 Å². The fourth-order valence-electron chi connectivity index (χ4n) is 3.11. The van der Waals surface area contributed by atoms with Gasteiger partial charge in [0.05, 0.1) is 18.7 Å². The van der Waals surface area contributed by atoms with E-state index in [4.69, 9.17) is 0 Å². The minimum Gasteiger partial charge on any atom is -0.356 e. The molecular weight excluding hydrogens is 496 g/mol. The van der Waals surface area contributed by atoms with Crippen molar-refractivity contribution in [2.24, 2.45) is 10.4 Å². The highest BCUT2D eigenvalue weighted by atomic mass is 127. The number of carbonyl (C=O) groups excluding carboxylic acids is 1. The van der Waals surface area contributed by atoms with Crippen LogP contribution in [0, 0.1) is 5.41 Å². The third kappa shape index (κ3) is 7.67. The quantitative estimate of drug-likeness (QED) is 0.321. The lowest BCUT2D eigenvalue weighted by Gasteiger charge is -2.41. The zero-order chi connectivity index (χ0) is 20.8. The molecule has 9 heteroatoms. The highest BCUT2D eigenvalue weighted by Crippen LogP contribution is 2.43. The van der Waals surface area contributed by atoms with Crippen molar-refractivity contribution in [3.05, 3.63) is 35.4 Å². The topological polar surface area (TPSA) is 56.7 Å². The maximum atomic E-state index is 12.9. The van der Waals surface area contributed by atoms with Crippen LogP contribution in [0.1, 0.15) is 43.7 Å². The summed E-state index contributed by atoms with van der Waals surface area (Å²) in [5.74, 6) is 0.328. The maximum absolute atomic E-state index is 12.9. The van der Waals surface area contributed by atoms with Crippen LogP contribution in [-0.4, -0.2) is 44.0 Å². The molecule has 0 radical (unpaired) electrons. The van der Waals surface area contributed by atoms with Crippen molar-refractivity contribution in [2.75, 3.05) is 27.2 Å². The average Bonchev–Trinajstić information content (AvgIpc) is 2.61. The van der Waals surface area contributed by atoms with Crippen LogP contribution in [0.3, 0.4) is 0 Å². The Morgan fingerprint density at radius 1 is 1.24 bits per heavy atom. The van der Waals surface area contributed by atoms with Gasteiger partial charge in [0, 0.05) is 20.6 Å². The van der Waals surface area contributed by atoms with Gasteiger partial charge in [0.1, 0.15) is 0 Å². The summed E-state index contributed by atoms with van der Waals surface area (Å²) in [5, 5.41) is 6.26. The summed E-state index contributed by atoms with van der Waals surface area (Å²) in [6, 6.07) is 5.14. The molecule has 1 saturated carbocycles. The second-order valence-electron chi connectivity index (χ2n) is 7.57. The molecule has 0 unspecified atom stereocenters. The largest absolute Gasteiger partial charge is 0.416 e. The number of amides is 1. The Morgan fingerprint density at radius 3 is 2.45 bits per heavy atom. The number of carbonyl (C=O) groups is 1. The molecule has 0 aliphatic heterocycles. The fourth-order valence-corrected chi connectivity index (χ4v) is 3.11. The molecule has 1 aromatic rings. The molecular formula is C20H30F3IN4O. The molecule has 2 N–H and O–H groups in total. The van der Waals surface area contributed by atoms with Crippen molar-refractivity contribution >= 4 is 35.8 Å². The molecule has 5 nitrogen and oxygen atoms in total. The molecule has 0 saturated heterocycles. The van der Waals surface area contributed by atoms with Crippen molar-refractivity contribution in [2.45, 2.75) is 45.3 Å². The maximum Gasteiger partial charge on any atom is 0.416 e. The first kappa shape index (κ1) is 25.5. The molecule has 1 fully saturated rings.